The summed E-state index contributed by atoms with van der Waals surface area (Å²) in [6.07, 6.45) is 4.90. The van der Waals surface area contributed by atoms with Crippen LogP contribution in [0.2, 0.25) is 0 Å². The number of ether oxygens (including phenoxy) is 1. The highest BCUT2D eigenvalue weighted by atomic mass is 32.1. The highest BCUT2D eigenvalue weighted by Gasteiger charge is 2.46. The van der Waals surface area contributed by atoms with Gasteiger partial charge < -0.3 is 15.4 Å². The SMILES string of the molecule is CCC(S)C1N(C(=O)c2cccc3ccccc23)CCNC1(N)CCOCc1cccnc1. The van der Waals surface area contributed by atoms with Crippen molar-refractivity contribution in [2.75, 3.05) is 19.7 Å². The van der Waals surface area contributed by atoms with E-state index < -0.39 is 5.66 Å². The lowest BCUT2D eigenvalue weighted by molar-refractivity contribution is 0.0194. The average Bonchev–Trinajstić information content (AvgIpc) is 2.86. The molecule has 2 aromatic carbocycles. The van der Waals surface area contributed by atoms with Crippen molar-refractivity contribution < 1.29 is 9.53 Å². The van der Waals surface area contributed by atoms with Crippen molar-refractivity contribution in [1.82, 2.24) is 15.2 Å². The lowest BCUT2D eigenvalue weighted by atomic mass is 9.88. The summed E-state index contributed by atoms with van der Waals surface area (Å²) in [4.78, 5) is 19.9. The zero-order valence-corrected chi connectivity index (χ0v) is 19.9. The van der Waals surface area contributed by atoms with Gasteiger partial charge in [0, 0.05) is 42.7 Å². The van der Waals surface area contributed by atoms with Gasteiger partial charge in [-0.15, -0.1) is 0 Å². The molecule has 1 aliphatic heterocycles. The molecular weight excluding hydrogens is 432 g/mol. The van der Waals surface area contributed by atoms with Gasteiger partial charge in [0.2, 0.25) is 0 Å². The first-order valence-electron chi connectivity index (χ1n) is 11.5. The Bertz CT molecular complexity index is 1070. The van der Waals surface area contributed by atoms with Gasteiger partial charge in [0.05, 0.1) is 24.9 Å². The molecule has 1 fully saturated rings. The smallest absolute Gasteiger partial charge is 0.254 e. The van der Waals surface area contributed by atoms with Crippen LogP contribution in [0, 0.1) is 0 Å². The van der Waals surface area contributed by atoms with Crippen LogP contribution in [-0.4, -0.2) is 52.4 Å². The van der Waals surface area contributed by atoms with E-state index in [1.165, 1.54) is 0 Å². The number of nitrogens with two attached hydrogens (primary N) is 1. The highest BCUT2D eigenvalue weighted by molar-refractivity contribution is 7.81. The van der Waals surface area contributed by atoms with Crippen LogP contribution in [0.25, 0.3) is 10.8 Å². The number of thiol groups is 1. The molecule has 7 heteroatoms. The third-order valence-electron chi connectivity index (χ3n) is 6.39. The van der Waals surface area contributed by atoms with Crippen molar-refractivity contribution in [3.8, 4) is 0 Å². The van der Waals surface area contributed by atoms with E-state index in [0.29, 0.717) is 38.3 Å². The molecule has 3 unspecified atom stereocenters. The third kappa shape index (κ3) is 5.22. The molecule has 6 nitrogen and oxygen atoms in total. The number of hydrogen-bond acceptors (Lipinski definition) is 6. The van der Waals surface area contributed by atoms with E-state index in [2.05, 4.69) is 17.2 Å². The molecule has 0 aliphatic carbocycles. The zero-order chi connectivity index (χ0) is 23.3. The second-order valence-corrected chi connectivity index (χ2v) is 9.24. The Morgan fingerprint density at radius 1 is 1.27 bits per heavy atom. The predicted octanol–water partition coefficient (Wildman–Crippen LogP) is 3.62. The maximum absolute atomic E-state index is 13.8. The molecule has 3 N–H and O–H groups in total. The van der Waals surface area contributed by atoms with Crippen LogP contribution < -0.4 is 11.1 Å². The number of nitrogens with zero attached hydrogens (tertiary/aromatic N) is 2. The summed E-state index contributed by atoms with van der Waals surface area (Å²) in [5.74, 6) is -0.00287. The molecule has 0 bridgehead atoms. The van der Waals surface area contributed by atoms with Crippen molar-refractivity contribution in [3.63, 3.8) is 0 Å². The second kappa shape index (κ2) is 10.7. The van der Waals surface area contributed by atoms with Crippen LogP contribution in [0.15, 0.2) is 67.0 Å². The lowest BCUT2D eigenvalue weighted by Gasteiger charge is -2.51. The van der Waals surface area contributed by atoms with Crippen molar-refractivity contribution in [2.24, 2.45) is 5.73 Å². The molecule has 33 heavy (non-hydrogen) atoms. The normalized spacial score (nSPS) is 21.8. The number of pyridine rings is 1. The molecule has 3 atom stereocenters. The van der Waals surface area contributed by atoms with E-state index in [4.69, 9.17) is 23.1 Å². The molecule has 2 heterocycles. The number of aromatic nitrogens is 1. The monoisotopic (exact) mass is 464 g/mol. The average molecular weight is 465 g/mol. The number of piperazine rings is 1. The predicted molar refractivity (Wildman–Crippen MR) is 135 cm³/mol. The van der Waals surface area contributed by atoms with Crippen LogP contribution in [0.5, 0.6) is 0 Å². The number of fused-ring (bicyclic) bond motifs is 1. The number of hydrogen-bond donors (Lipinski definition) is 3. The maximum atomic E-state index is 13.8. The molecule has 3 aromatic rings. The molecule has 1 aromatic heterocycles. The van der Waals surface area contributed by atoms with Gasteiger partial charge in [-0.1, -0.05) is 49.4 Å². The van der Waals surface area contributed by atoms with Crippen LogP contribution >= 0.6 is 12.6 Å². The number of benzene rings is 2. The minimum absolute atomic E-state index is 0.00287. The fraction of sp³-hybridized carbons (Fsp3) is 0.385. The van der Waals surface area contributed by atoms with E-state index in [9.17, 15) is 4.79 Å². The van der Waals surface area contributed by atoms with Gasteiger partial charge in [-0.3, -0.25) is 15.1 Å². The molecule has 4 rings (SSSR count). The number of amides is 1. The topological polar surface area (TPSA) is 80.5 Å². The Labute approximate surface area is 200 Å². The van der Waals surface area contributed by atoms with E-state index in [1.54, 1.807) is 12.4 Å². The van der Waals surface area contributed by atoms with E-state index in [-0.39, 0.29) is 17.2 Å². The van der Waals surface area contributed by atoms with Crippen LogP contribution in [-0.2, 0) is 11.3 Å². The summed E-state index contributed by atoms with van der Waals surface area (Å²) in [6.45, 7) is 4.22. The molecule has 174 valence electrons. The molecule has 1 aliphatic rings. The summed E-state index contributed by atoms with van der Waals surface area (Å²) < 4.78 is 5.90. The summed E-state index contributed by atoms with van der Waals surface area (Å²) in [6, 6.07) is 17.5. The van der Waals surface area contributed by atoms with Gasteiger partial charge in [0.1, 0.15) is 0 Å². The van der Waals surface area contributed by atoms with Crippen molar-refractivity contribution >= 4 is 29.3 Å². The molecule has 1 saturated heterocycles. The standard InChI is InChI=1S/C26H32N4O2S/c1-2-23(33)24-26(27,12-16-32-18-19-7-6-13-28-17-19)29-14-15-30(24)25(31)22-11-5-9-20-8-3-4-10-21(20)22/h3-11,13,17,23-24,29,33H,2,12,14-16,18,27H2,1H3. The fourth-order valence-electron chi connectivity index (χ4n) is 4.65. The summed E-state index contributed by atoms with van der Waals surface area (Å²) in [5.41, 5.74) is 7.86. The van der Waals surface area contributed by atoms with E-state index >= 15 is 0 Å². The molecule has 1 amide bonds. The minimum atomic E-state index is -0.796. The van der Waals surface area contributed by atoms with Gasteiger partial charge in [0.15, 0.2) is 0 Å². The Kier molecular flexibility index (Phi) is 7.65. The van der Waals surface area contributed by atoms with Crippen LogP contribution in [0.1, 0.15) is 35.7 Å². The Morgan fingerprint density at radius 3 is 2.88 bits per heavy atom. The zero-order valence-electron chi connectivity index (χ0n) is 19.0. The number of carbonyl (C=O) groups excluding carboxylic acids is 1. The molecular formula is C26H32N4O2S. The minimum Gasteiger partial charge on any atom is -0.377 e. The largest absolute Gasteiger partial charge is 0.377 e. The quantitative estimate of drug-likeness (QED) is 0.351. The first-order chi connectivity index (χ1) is 16.0. The first kappa shape index (κ1) is 23.7. The maximum Gasteiger partial charge on any atom is 0.254 e. The van der Waals surface area contributed by atoms with Gasteiger partial charge >= 0.3 is 0 Å². The third-order valence-corrected chi connectivity index (χ3v) is 7.03. The van der Waals surface area contributed by atoms with Gasteiger partial charge in [-0.25, -0.2) is 0 Å². The Morgan fingerprint density at radius 2 is 2.09 bits per heavy atom. The molecule has 0 saturated carbocycles. The van der Waals surface area contributed by atoms with E-state index in [0.717, 1.165) is 22.8 Å². The van der Waals surface area contributed by atoms with E-state index in [1.807, 2.05) is 59.5 Å². The summed E-state index contributed by atoms with van der Waals surface area (Å²) >= 11 is 4.87. The number of carbonyl (C=O) groups is 1. The number of rotatable bonds is 8. The second-order valence-electron chi connectivity index (χ2n) is 8.58. The van der Waals surface area contributed by atoms with Crippen LogP contribution in [0.4, 0.5) is 0 Å². The highest BCUT2D eigenvalue weighted by Crippen LogP contribution is 2.30. The molecule has 0 radical (unpaired) electrons. The summed E-state index contributed by atoms with van der Waals surface area (Å²) in [5, 5.41) is 5.41. The van der Waals surface area contributed by atoms with Gasteiger partial charge in [-0.2, -0.15) is 12.6 Å². The first-order valence-corrected chi connectivity index (χ1v) is 12.0. The van der Waals surface area contributed by atoms with Crippen LogP contribution in [0.3, 0.4) is 0 Å². The number of nitrogens with one attached hydrogen (secondary N) is 1. The lowest BCUT2D eigenvalue weighted by Crippen LogP contribution is -2.75. The van der Waals surface area contributed by atoms with Crippen molar-refractivity contribution in [2.45, 2.75) is 43.3 Å². The van der Waals surface area contributed by atoms with Gasteiger partial charge in [0.25, 0.3) is 5.91 Å². The fourth-order valence-corrected chi connectivity index (χ4v) is 5.08. The summed E-state index contributed by atoms with van der Waals surface area (Å²) in [7, 11) is 0. The van der Waals surface area contributed by atoms with Crippen molar-refractivity contribution in [1.29, 1.82) is 0 Å². The Hall–Kier alpha value is -2.45. The van der Waals surface area contributed by atoms with Gasteiger partial charge in [-0.05, 0) is 34.9 Å². The Balaban J connectivity index is 1.54. The molecule has 0 spiro atoms. The van der Waals surface area contributed by atoms with Crippen molar-refractivity contribution in [3.05, 3.63) is 78.1 Å².